The van der Waals surface area contributed by atoms with Gasteiger partial charge in [0.05, 0.1) is 0 Å². The third kappa shape index (κ3) is 5.09. The van der Waals surface area contributed by atoms with Gasteiger partial charge in [-0.2, -0.15) is 0 Å². The average molecular weight is 454 g/mol. The van der Waals surface area contributed by atoms with Crippen LogP contribution < -0.4 is 10.5 Å². The van der Waals surface area contributed by atoms with Gasteiger partial charge in [0.15, 0.2) is 0 Å². The van der Waals surface area contributed by atoms with Gasteiger partial charge in [-0.25, -0.2) is 0 Å². The Hall–Kier alpha value is -1.72. The second kappa shape index (κ2) is 8.90. The van der Waals surface area contributed by atoms with E-state index in [4.69, 9.17) is 5.14 Å². The summed E-state index contributed by atoms with van der Waals surface area (Å²) in [4.78, 5) is 14.3. The number of carbonyl (C=O) groups is 1. The first kappa shape index (κ1) is 23.4. The van der Waals surface area contributed by atoms with Crippen LogP contribution in [0, 0.1) is 12.8 Å². The molecule has 2 fully saturated rings. The van der Waals surface area contributed by atoms with Crippen LogP contribution in [0.2, 0.25) is 0 Å². The highest BCUT2D eigenvalue weighted by molar-refractivity contribution is 7.97. The number of amides is 1. The molecule has 2 aliphatic carbocycles. The van der Waals surface area contributed by atoms with Crippen molar-refractivity contribution in [1.29, 1.82) is 0 Å². The number of nitrogens with one attached hydrogen (secondary N) is 1. The van der Waals surface area contributed by atoms with E-state index in [1.807, 2.05) is 0 Å². The monoisotopic (exact) mass is 453 g/mol. The summed E-state index contributed by atoms with van der Waals surface area (Å²) in [6, 6.07) is 8.64. The van der Waals surface area contributed by atoms with E-state index in [0.717, 1.165) is 35.4 Å². The van der Waals surface area contributed by atoms with E-state index >= 15 is 0 Å². The van der Waals surface area contributed by atoms with Crippen molar-refractivity contribution in [1.82, 2.24) is 9.88 Å². The normalized spacial score (nSPS) is 18.6. The number of nitrogens with two attached hydrogens (primary N) is 1. The van der Waals surface area contributed by atoms with E-state index in [0.29, 0.717) is 5.92 Å². The summed E-state index contributed by atoms with van der Waals surface area (Å²) in [5, 5.41) is 9.28. The second-order valence-electron chi connectivity index (χ2n) is 11.3. The molecule has 0 bridgehead atoms. The maximum atomic E-state index is 13.2. The fraction of sp³-hybridized carbons (Fsp3) is 0.593. The van der Waals surface area contributed by atoms with Crippen LogP contribution in [0.3, 0.4) is 0 Å². The molecule has 0 saturated heterocycles. The molecule has 2 aliphatic rings. The fourth-order valence-corrected chi connectivity index (χ4v) is 5.30. The third-order valence-electron chi connectivity index (χ3n) is 7.38. The summed E-state index contributed by atoms with van der Waals surface area (Å²) < 4.78 is 2.46. The van der Waals surface area contributed by atoms with E-state index in [9.17, 15) is 4.79 Å². The molecule has 1 aromatic carbocycles. The number of hydrogen-bond acceptors (Lipinski definition) is 3. The van der Waals surface area contributed by atoms with Gasteiger partial charge in [0.2, 0.25) is 0 Å². The summed E-state index contributed by atoms with van der Waals surface area (Å²) in [6.45, 7) is 12.0. The summed E-state index contributed by atoms with van der Waals surface area (Å²) in [5.74, 6) is 0.750. The van der Waals surface area contributed by atoms with Crippen molar-refractivity contribution in [2.75, 3.05) is 0 Å². The van der Waals surface area contributed by atoms with Crippen LogP contribution in [-0.4, -0.2) is 16.0 Å². The molecule has 0 aliphatic heterocycles. The highest BCUT2D eigenvalue weighted by Gasteiger charge is 2.39. The number of hydrogen-bond donors (Lipinski definition) is 2. The Morgan fingerprint density at radius 3 is 2.44 bits per heavy atom. The predicted molar refractivity (Wildman–Crippen MR) is 135 cm³/mol. The molecule has 3 N–H and O–H groups in total. The molecule has 174 valence electrons. The molecule has 0 atom stereocenters. The van der Waals surface area contributed by atoms with Gasteiger partial charge in [0.25, 0.3) is 5.91 Å². The van der Waals surface area contributed by atoms with Crippen molar-refractivity contribution in [3.05, 3.63) is 41.1 Å². The highest BCUT2D eigenvalue weighted by atomic mass is 32.2. The van der Waals surface area contributed by atoms with Gasteiger partial charge >= 0.3 is 0 Å². The van der Waals surface area contributed by atoms with Gasteiger partial charge in [-0.05, 0) is 98.2 Å². The van der Waals surface area contributed by atoms with Crippen LogP contribution in [0.4, 0.5) is 0 Å². The van der Waals surface area contributed by atoms with Gasteiger partial charge in [-0.15, -0.1) is 0 Å². The topological polar surface area (TPSA) is 60.1 Å². The number of nitrogens with zero attached hydrogens (tertiary/aromatic N) is 1. The lowest BCUT2D eigenvalue weighted by Gasteiger charge is -2.25. The number of benzene rings is 1. The Labute approximate surface area is 197 Å². The van der Waals surface area contributed by atoms with Crippen molar-refractivity contribution in [2.24, 2.45) is 11.1 Å². The molecule has 1 amide bonds. The summed E-state index contributed by atoms with van der Waals surface area (Å²) in [6.07, 6.45) is 8.76. The van der Waals surface area contributed by atoms with E-state index < -0.39 is 0 Å². The van der Waals surface area contributed by atoms with E-state index in [-0.39, 0.29) is 16.9 Å². The molecular weight excluding hydrogens is 414 g/mol. The minimum absolute atomic E-state index is 0.0316. The highest BCUT2D eigenvalue weighted by Crippen LogP contribution is 2.37. The Morgan fingerprint density at radius 1 is 1.16 bits per heavy atom. The summed E-state index contributed by atoms with van der Waals surface area (Å²) in [5.41, 5.74) is 5.39. The summed E-state index contributed by atoms with van der Waals surface area (Å²) in [7, 11) is 0. The Bertz CT molecular complexity index is 991. The molecule has 4 nitrogen and oxygen atoms in total. The minimum Gasteiger partial charge on any atom is -0.347 e. The van der Waals surface area contributed by atoms with Gasteiger partial charge in [-0.3, -0.25) is 9.93 Å². The van der Waals surface area contributed by atoms with E-state index in [1.54, 1.807) is 0 Å². The Morgan fingerprint density at radius 2 is 1.84 bits per heavy atom. The lowest BCUT2D eigenvalue weighted by Crippen LogP contribution is -2.34. The standard InChI is InChI=1S/C27H39N3OS/c1-18-24(32-28)16-23(30(18)17-19-9-7-6-8-10-19)20-13-21(15-22(14-20)26(2,3)4)25(31)29-27(5)11-12-27/h13-16,19H,6-12,17,28H2,1-5H3,(H,29,31). The van der Waals surface area contributed by atoms with Crippen LogP contribution in [-0.2, 0) is 12.0 Å². The second-order valence-corrected chi connectivity index (χ2v) is 12.0. The van der Waals surface area contributed by atoms with Crippen molar-refractivity contribution in [3.63, 3.8) is 0 Å². The fourth-order valence-electron chi connectivity index (χ4n) is 4.84. The molecule has 0 spiro atoms. The first-order valence-corrected chi connectivity index (χ1v) is 13.0. The molecule has 32 heavy (non-hydrogen) atoms. The van der Waals surface area contributed by atoms with Crippen molar-refractivity contribution >= 4 is 17.9 Å². The molecule has 2 saturated carbocycles. The number of carbonyl (C=O) groups excluding carboxylic acids is 1. The molecule has 1 aromatic heterocycles. The quantitative estimate of drug-likeness (QED) is 0.485. The van der Waals surface area contributed by atoms with Gasteiger partial charge < -0.3 is 9.88 Å². The number of aromatic nitrogens is 1. The molecular formula is C27H39N3OS. The lowest BCUT2D eigenvalue weighted by molar-refractivity contribution is 0.0935. The molecule has 0 unspecified atom stereocenters. The molecule has 0 radical (unpaired) electrons. The lowest BCUT2D eigenvalue weighted by atomic mass is 9.84. The smallest absolute Gasteiger partial charge is 0.251 e. The molecule has 2 aromatic rings. The summed E-state index contributed by atoms with van der Waals surface area (Å²) >= 11 is 1.32. The van der Waals surface area contributed by atoms with Crippen molar-refractivity contribution in [2.45, 2.75) is 102 Å². The molecule has 1 heterocycles. The molecule has 4 rings (SSSR count). The predicted octanol–water partition coefficient (Wildman–Crippen LogP) is 6.59. The molecule has 5 heteroatoms. The Kier molecular flexibility index (Phi) is 6.52. The van der Waals surface area contributed by atoms with Gasteiger partial charge in [0, 0.05) is 33.9 Å². The maximum absolute atomic E-state index is 13.2. The largest absolute Gasteiger partial charge is 0.347 e. The Balaban J connectivity index is 1.77. The maximum Gasteiger partial charge on any atom is 0.251 e. The van der Waals surface area contributed by atoms with Crippen molar-refractivity contribution in [3.8, 4) is 11.3 Å². The van der Waals surface area contributed by atoms with Crippen LogP contribution >= 0.6 is 11.9 Å². The third-order valence-corrected chi connectivity index (χ3v) is 8.05. The van der Waals surface area contributed by atoms with Crippen LogP contribution in [0.15, 0.2) is 29.2 Å². The number of rotatable bonds is 6. The van der Waals surface area contributed by atoms with Gasteiger partial charge in [0.1, 0.15) is 0 Å². The van der Waals surface area contributed by atoms with Crippen LogP contribution in [0.25, 0.3) is 11.3 Å². The average Bonchev–Trinajstić information content (AvgIpc) is 3.40. The first-order chi connectivity index (χ1) is 15.1. The minimum atomic E-state index is -0.0458. The van der Waals surface area contributed by atoms with Gasteiger partial charge in [-0.1, -0.05) is 40.0 Å². The van der Waals surface area contributed by atoms with E-state index in [1.165, 1.54) is 61.0 Å². The zero-order valence-electron chi connectivity index (χ0n) is 20.4. The zero-order chi connectivity index (χ0) is 23.1. The van der Waals surface area contributed by atoms with Crippen molar-refractivity contribution < 1.29 is 4.79 Å². The SMILES string of the molecule is Cc1c(SN)cc(-c2cc(C(=O)NC3(C)CC3)cc(C(C)(C)C)c2)n1CC1CCCCC1. The van der Waals surface area contributed by atoms with Crippen LogP contribution in [0.1, 0.15) is 94.3 Å². The van der Waals surface area contributed by atoms with Crippen LogP contribution in [0.5, 0.6) is 0 Å². The van der Waals surface area contributed by atoms with E-state index in [2.05, 4.69) is 68.8 Å². The zero-order valence-corrected chi connectivity index (χ0v) is 21.2. The first-order valence-electron chi connectivity index (χ1n) is 12.1.